The molecule has 0 bridgehead atoms. The molecule has 0 spiro atoms. The van der Waals surface area contributed by atoms with Gasteiger partial charge >= 0.3 is 0 Å². The summed E-state index contributed by atoms with van der Waals surface area (Å²) < 4.78 is 2.13. The number of rotatable bonds is 4. The van der Waals surface area contributed by atoms with Crippen LogP contribution in [0, 0.1) is 6.92 Å². The van der Waals surface area contributed by atoms with Crippen LogP contribution in [0.3, 0.4) is 0 Å². The minimum atomic E-state index is -0.117. The highest BCUT2D eigenvalue weighted by atomic mass is 35.5. The van der Waals surface area contributed by atoms with Gasteiger partial charge in [0.2, 0.25) is 0 Å². The van der Waals surface area contributed by atoms with E-state index in [0.717, 1.165) is 17.1 Å². The number of hydrogen-bond donors (Lipinski definition) is 1. The third-order valence-corrected chi connectivity index (χ3v) is 4.89. The Kier molecular flexibility index (Phi) is 3.69. The predicted octanol–water partition coefficient (Wildman–Crippen LogP) is 2.18. The van der Waals surface area contributed by atoms with E-state index < -0.39 is 0 Å². The van der Waals surface area contributed by atoms with Crippen molar-refractivity contribution in [2.24, 2.45) is 5.73 Å². The number of nitrogens with two attached hydrogens (primary N) is 1. The molecule has 0 aliphatic carbocycles. The van der Waals surface area contributed by atoms with Crippen molar-refractivity contribution in [3.05, 3.63) is 21.9 Å². The standard InChI is InChI=1S/C12H19ClN4S/c1-8-6-18-11-15-10(13)9(17(8)11)5-12(2,7-14)16(3)4/h6H,5,7,14H2,1-4H3. The highest BCUT2D eigenvalue weighted by molar-refractivity contribution is 7.15. The smallest absolute Gasteiger partial charge is 0.195 e. The fourth-order valence-electron chi connectivity index (χ4n) is 1.97. The Morgan fingerprint density at radius 3 is 2.78 bits per heavy atom. The molecule has 6 heteroatoms. The van der Waals surface area contributed by atoms with Crippen LogP contribution in [0.5, 0.6) is 0 Å². The van der Waals surface area contributed by atoms with E-state index in [0.29, 0.717) is 11.7 Å². The van der Waals surface area contributed by atoms with Gasteiger partial charge in [0.25, 0.3) is 0 Å². The number of imidazole rings is 1. The molecule has 0 aliphatic heterocycles. The fourth-order valence-corrected chi connectivity index (χ4v) is 3.13. The van der Waals surface area contributed by atoms with Gasteiger partial charge in [0.1, 0.15) is 0 Å². The van der Waals surface area contributed by atoms with Gasteiger partial charge < -0.3 is 10.6 Å². The molecule has 4 nitrogen and oxygen atoms in total. The van der Waals surface area contributed by atoms with Crippen molar-refractivity contribution in [3.63, 3.8) is 0 Å². The first-order valence-electron chi connectivity index (χ1n) is 5.87. The molecular formula is C12H19ClN4S. The van der Waals surface area contributed by atoms with Crippen LogP contribution >= 0.6 is 22.9 Å². The van der Waals surface area contributed by atoms with Gasteiger partial charge in [0.05, 0.1) is 5.69 Å². The second kappa shape index (κ2) is 4.81. The summed E-state index contributed by atoms with van der Waals surface area (Å²) in [5.41, 5.74) is 8.02. The Bertz CT molecular complexity index is 560. The van der Waals surface area contributed by atoms with E-state index >= 15 is 0 Å². The number of halogens is 1. The molecule has 0 saturated heterocycles. The van der Waals surface area contributed by atoms with Gasteiger partial charge in [-0.25, -0.2) is 4.98 Å². The quantitative estimate of drug-likeness (QED) is 0.937. The molecule has 2 rings (SSSR count). The maximum absolute atomic E-state index is 6.26. The zero-order valence-electron chi connectivity index (χ0n) is 11.2. The van der Waals surface area contributed by atoms with E-state index in [2.05, 4.69) is 33.5 Å². The van der Waals surface area contributed by atoms with Crippen LogP contribution in [0.1, 0.15) is 18.3 Å². The van der Waals surface area contributed by atoms with Crippen molar-refractivity contribution in [1.29, 1.82) is 0 Å². The monoisotopic (exact) mass is 286 g/mol. The molecule has 2 N–H and O–H groups in total. The van der Waals surface area contributed by atoms with E-state index in [1.807, 2.05) is 14.1 Å². The van der Waals surface area contributed by atoms with E-state index in [4.69, 9.17) is 17.3 Å². The van der Waals surface area contributed by atoms with Crippen LogP contribution in [0.4, 0.5) is 0 Å². The average Bonchev–Trinajstić information content (AvgIpc) is 2.81. The molecule has 1 unspecified atom stereocenters. The zero-order chi connectivity index (χ0) is 13.5. The van der Waals surface area contributed by atoms with Gasteiger partial charge in [-0.05, 0) is 27.9 Å². The van der Waals surface area contributed by atoms with Crippen LogP contribution in [0.25, 0.3) is 4.96 Å². The number of nitrogens with zero attached hydrogens (tertiary/aromatic N) is 3. The Balaban J connectivity index is 2.48. The van der Waals surface area contributed by atoms with Gasteiger partial charge in [-0.1, -0.05) is 11.6 Å². The topological polar surface area (TPSA) is 46.6 Å². The molecule has 18 heavy (non-hydrogen) atoms. The third-order valence-electron chi connectivity index (χ3n) is 3.65. The second-order valence-electron chi connectivity index (χ2n) is 5.12. The van der Waals surface area contributed by atoms with Crippen molar-refractivity contribution in [1.82, 2.24) is 14.3 Å². The van der Waals surface area contributed by atoms with Gasteiger partial charge in [0.15, 0.2) is 10.1 Å². The van der Waals surface area contributed by atoms with Gasteiger partial charge in [0, 0.05) is 29.6 Å². The molecule has 0 fully saturated rings. The average molecular weight is 287 g/mol. The highest BCUT2D eigenvalue weighted by Crippen LogP contribution is 2.28. The Morgan fingerprint density at radius 1 is 1.56 bits per heavy atom. The number of aromatic nitrogens is 2. The van der Waals surface area contributed by atoms with Gasteiger partial charge in [-0.15, -0.1) is 11.3 Å². The summed E-state index contributed by atoms with van der Waals surface area (Å²) in [4.78, 5) is 7.49. The molecule has 0 radical (unpaired) electrons. The predicted molar refractivity (Wildman–Crippen MR) is 77.7 cm³/mol. The first-order chi connectivity index (χ1) is 8.39. The van der Waals surface area contributed by atoms with Crippen molar-refractivity contribution in [2.45, 2.75) is 25.8 Å². The molecule has 0 aromatic carbocycles. The molecule has 0 saturated carbocycles. The summed E-state index contributed by atoms with van der Waals surface area (Å²) >= 11 is 7.88. The normalized spacial score (nSPS) is 15.5. The molecule has 2 aromatic heterocycles. The summed E-state index contributed by atoms with van der Waals surface area (Å²) in [6.45, 7) is 4.79. The first kappa shape index (κ1) is 13.8. The fraction of sp³-hybridized carbons (Fsp3) is 0.583. The highest BCUT2D eigenvalue weighted by Gasteiger charge is 2.29. The largest absolute Gasteiger partial charge is 0.329 e. The molecule has 2 aromatic rings. The van der Waals surface area contributed by atoms with Crippen LogP contribution in [0.15, 0.2) is 5.38 Å². The van der Waals surface area contributed by atoms with Crippen molar-refractivity contribution in [2.75, 3.05) is 20.6 Å². The van der Waals surface area contributed by atoms with E-state index in [1.54, 1.807) is 11.3 Å². The lowest BCUT2D eigenvalue weighted by Crippen LogP contribution is -2.49. The lowest BCUT2D eigenvalue weighted by atomic mass is 9.95. The van der Waals surface area contributed by atoms with E-state index in [9.17, 15) is 0 Å². The summed E-state index contributed by atoms with van der Waals surface area (Å²) in [5, 5.41) is 2.68. The Morgan fingerprint density at radius 2 is 2.22 bits per heavy atom. The molecule has 100 valence electrons. The van der Waals surface area contributed by atoms with Crippen molar-refractivity contribution < 1.29 is 0 Å². The molecule has 1 atom stereocenters. The lowest BCUT2D eigenvalue weighted by molar-refractivity contribution is 0.179. The van der Waals surface area contributed by atoms with Crippen molar-refractivity contribution >= 4 is 27.9 Å². The molecule has 0 aliphatic rings. The molecule has 2 heterocycles. The van der Waals surface area contributed by atoms with Crippen LogP contribution in [-0.4, -0.2) is 40.5 Å². The number of fused-ring (bicyclic) bond motifs is 1. The van der Waals surface area contributed by atoms with Crippen LogP contribution in [0.2, 0.25) is 5.15 Å². The third kappa shape index (κ3) is 2.16. The van der Waals surface area contributed by atoms with E-state index in [-0.39, 0.29) is 5.54 Å². The number of aryl methyl sites for hydroxylation is 1. The molecular weight excluding hydrogens is 268 g/mol. The number of likely N-dealkylation sites (N-methyl/N-ethyl adjacent to an activating group) is 1. The van der Waals surface area contributed by atoms with Crippen LogP contribution < -0.4 is 5.73 Å². The molecule has 0 amide bonds. The van der Waals surface area contributed by atoms with E-state index in [1.165, 1.54) is 5.69 Å². The SMILES string of the molecule is Cc1csc2nc(Cl)c(CC(C)(CN)N(C)C)n12. The van der Waals surface area contributed by atoms with Gasteiger partial charge in [-0.2, -0.15) is 0 Å². The minimum absolute atomic E-state index is 0.117. The van der Waals surface area contributed by atoms with Crippen LogP contribution in [-0.2, 0) is 6.42 Å². The number of hydrogen-bond acceptors (Lipinski definition) is 4. The maximum atomic E-state index is 6.26. The Hall–Kier alpha value is -0.620. The first-order valence-corrected chi connectivity index (χ1v) is 7.13. The lowest BCUT2D eigenvalue weighted by Gasteiger charge is -2.35. The Labute approximate surface area is 116 Å². The summed E-state index contributed by atoms with van der Waals surface area (Å²) in [6.07, 6.45) is 0.786. The van der Waals surface area contributed by atoms with Gasteiger partial charge in [-0.3, -0.25) is 4.40 Å². The summed E-state index contributed by atoms with van der Waals surface area (Å²) in [7, 11) is 4.08. The van der Waals surface area contributed by atoms with Crippen molar-refractivity contribution in [3.8, 4) is 0 Å². The zero-order valence-corrected chi connectivity index (χ0v) is 12.8. The number of thiazole rings is 1. The second-order valence-corrected chi connectivity index (χ2v) is 6.31. The summed E-state index contributed by atoms with van der Waals surface area (Å²) in [5.74, 6) is 0. The summed E-state index contributed by atoms with van der Waals surface area (Å²) in [6, 6.07) is 0. The maximum Gasteiger partial charge on any atom is 0.195 e. The minimum Gasteiger partial charge on any atom is -0.329 e.